The number of hydrogen-bond donors (Lipinski definition) is 2. The summed E-state index contributed by atoms with van der Waals surface area (Å²) in [7, 11) is 0. The molecule has 4 nitrogen and oxygen atoms in total. The van der Waals surface area contributed by atoms with Gasteiger partial charge in [-0.3, -0.25) is 6.42 Å². The van der Waals surface area contributed by atoms with Gasteiger partial charge in [-0.15, -0.1) is 0 Å². The van der Waals surface area contributed by atoms with Crippen molar-refractivity contribution in [2.45, 2.75) is 37.9 Å². The molecule has 3 atom stereocenters. The molecule has 1 saturated heterocycles. The average Bonchev–Trinajstić information content (AvgIpc) is 2.24. The zero-order chi connectivity index (χ0) is 10.1. The Kier molecular flexibility index (Phi) is 6.27. The molecule has 1 fully saturated rings. The van der Waals surface area contributed by atoms with E-state index in [1.165, 1.54) is 0 Å². The Bertz CT molecular complexity index is 177. The molecule has 81 valence electrons. The Hall–Kier alpha value is 0.944. The zero-order valence-electron chi connectivity index (χ0n) is 8.64. The first-order valence-electron chi connectivity index (χ1n) is 4.36. The predicted octanol–water partition coefficient (Wildman–Crippen LogP) is -0.138. The van der Waals surface area contributed by atoms with Crippen molar-refractivity contribution in [2.24, 2.45) is 5.73 Å². The average molecular weight is 276 g/mol. The fourth-order valence-electron chi connectivity index (χ4n) is 1.32. The summed E-state index contributed by atoms with van der Waals surface area (Å²) in [5.41, 5.74) is 5.27. The molecule has 1 heterocycles. The van der Waals surface area contributed by atoms with Gasteiger partial charge in [-0.25, -0.2) is 0 Å². The second-order valence-electron chi connectivity index (χ2n) is 3.63. The number of rotatable bonds is 3. The van der Waals surface area contributed by atoms with E-state index in [-0.39, 0.29) is 51.5 Å². The van der Waals surface area contributed by atoms with Gasteiger partial charge in [0, 0.05) is 32.7 Å². The first-order valence-corrected chi connectivity index (χ1v) is 4.36. The molecule has 0 amide bonds. The summed E-state index contributed by atoms with van der Waals surface area (Å²) < 4.78 is 10.9. The molecule has 1 radical (unpaired) electrons. The van der Waals surface area contributed by atoms with E-state index < -0.39 is 11.9 Å². The first-order chi connectivity index (χ1) is 5.94. The van der Waals surface area contributed by atoms with E-state index in [2.05, 4.69) is 6.92 Å². The third-order valence-corrected chi connectivity index (χ3v) is 1.87. The van der Waals surface area contributed by atoms with Gasteiger partial charge in [0.15, 0.2) is 5.79 Å². The molecule has 1 rings (SSSR count). The molecular weight excluding hydrogens is 259 g/mol. The summed E-state index contributed by atoms with van der Waals surface area (Å²) in [5, 5.41) is 9.26. The summed E-state index contributed by atoms with van der Waals surface area (Å²) in [6.45, 7) is 7.59. The minimum Gasteiger partial charge on any atom is -0.424 e. The SMILES string of the molecule is [CH2-][C@H]1OC(C)(C)O[C@H]1[CH-]C(O)CN.[Y]. The largest absolute Gasteiger partial charge is 0.424 e. The smallest absolute Gasteiger partial charge is 0.156 e. The van der Waals surface area contributed by atoms with E-state index in [1.807, 2.05) is 13.8 Å². The number of nitrogens with two attached hydrogens (primary N) is 1. The molecule has 0 aromatic carbocycles. The number of aliphatic hydroxyl groups is 1. The van der Waals surface area contributed by atoms with Crippen molar-refractivity contribution in [3.8, 4) is 0 Å². The van der Waals surface area contributed by atoms with E-state index in [1.54, 1.807) is 6.42 Å². The Morgan fingerprint density at radius 1 is 1.57 bits per heavy atom. The van der Waals surface area contributed by atoms with Crippen molar-refractivity contribution in [3.05, 3.63) is 13.3 Å². The monoisotopic (exact) mass is 276 g/mol. The van der Waals surface area contributed by atoms with E-state index in [0.717, 1.165) is 0 Å². The maximum atomic E-state index is 9.26. The molecule has 5 heteroatoms. The molecule has 0 aromatic heterocycles. The van der Waals surface area contributed by atoms with Crippen LogP contribution in [0.15, 0.2) is 0 Å². The molecule has 1 unspecified atom stereocenters. The van der Waals surface area contributed by atoms with Gasteiger partial charge in [0.25, 0.3) is 0 Å². The van der Waals surface area contributed by atoms with Crippen LogP contribution in [0.1, 0.15) is 13.8 Å². The number of aliphatic hydroxyl groups excluding tert-OH is 1. The second kappa shape index (κ2) is 5.87. The zero-order valence-corrected chi connectivity index (χ0v) is 11.5. The van der Waals surface area contributed by atoms with Crippen LogP contribution in [-0.2, 0) is 42.2 Å². The minimum absolute atomic E-state index is 0. The molecule has 0 aliphatic carbocycles. The third-order valence-electron chi connectivity index (χ3n) is 1.87. The van der Waals surface area contributed by atoms with Crippen LogP contribution >= 0.6 is 0 Å². The Labute approximate surface area is 110 Å². The van der Waals surface area contributed by atoms with E-state index >= 15 is 0 Å². The van der Waals surface area contributed by atoms with E-state index in [9.17, 15) is 5.11 Å². The maximum Gasteiger partial charge on any atom is 0.156 e. The Morgan fingerprint density at radius 2 is 2.14 bits per heavy atom. The second-order valence-corrected chi connectivity index (χ2v) is 3.63. The molecule has 3 N–H and O–H groups in total. The Morgan fingerprint density at radius 3 is 2.50 bits per heavy atom. The van der Waals surface area contributed by atoms with Crippen LogP contribution in [0.5, 0.6) is 0 Å². The van der Waals surface area contributed by atoms with Crippen molar-refractivity contribution < 1.29 is 47.3 Å². The van der Waals surface area contributed by atoms with Crippen LogP contribution in [0.4, 0.5) is 0 Å². The quantitative estimate of drug-likeness (QED) is 0.704. The molecule has 0 saturated carbocycles. The number of ether oxygens (including phenoxy) is 2. The Balaban J connectivity index is 0.00000169. The summed E-state index contributed by atoms with van der Waals surface area (Å²) in [6.07, 6.45) is 0.392. The van der Waals surface area contributed by atoms with Gasteiger partial charge >= 0.3 is 0 Å². The van der Waals surface area contributed by atoms with Gasteiger partial charge < -0.3 is 27.2 Å². The predicted molar refractivity (Wildman–Crippen MR) is 48.5 cm³/mol. The molecular formula is C9H17NO3Y-2. The van der Waals surface area contributed by atoms with Gasteiger partial charge in [-0.05, 0) is 20.4 Å². The van der Waals surface area contributed by atoms with E-state index in [4.69, 9.17) is 15.2 Å². The van der Waals surface area contributed by atoms with Gasteiger partial charge in [-0.1, -0.05) is 18.3 Å². The standard InChI is InChI=1S/C9H17NO3.Y/c1-6-8(4-7(11)5-10)13-9(2,3)12-6;/h4,6-8,11H,1,5,10H2,2-3H3;/q-2;/t6-,7?,8+;/m1./s1. The van der Waals surface area contributed by atoms with Crippen molar-refractivity contribution in [3.63, 3.8) is 0 Å². The van der Waals surface area contributed by atoms with Gasteiger partial charge in [0.2, 0.25) is 0 Å². The summed E-state index contributed by atoms with van der Waals surface area (Å²) >= 11 is 0. The van der Waals surface area contributed by atoms with Crippen LogP contribution in [0.2, 0.25) is 0 Å². The molecule has 0 bridgehead atoms. The molecule has 1 aliphatic rings. The molecule has 1 aliphatic heterocycles. The van der Waals surface area contributed by atoms with Gasteiger partial charge in [0.05, 0.1) is 0 Å². The topological polar surface area (TPSA) is 64.7 Å². The summed E-state index contributed by atoms with van der Waals surface area (Å²) in [5.74, 6) is -0.623. The van der Waals surface area contributed by atoms with Crippen molar-refractivity contribution in [1.29, 1.82) is 0 Å². The maximum absolute atomic E-state index is 9.26. The number of hydrogen-bond acceptors (Lipinski definition) is 4. The van der Waals surface area contributed by atoms with Crippen LogP contribution in [0.3, 0.4) is 0 Å². The normalized spacial score (nSPS) is 32.4. The fraction of sp³-hybridized carbons (Fsp3) is 0.778. The summed E-state index contributed by atoms with van der Waals surface area (Å²) in [4.78, 5) is 0. The van der Waals surface area contributed by atoms with Crippen LogP contribution in [-0.4, -0.2) is 35.8 Å². The third kappa shape index (κ3) is 4.21. The fourth-order valence-corrected chi connectivity index (χ4v) is 1.32. The van der Waals surface area contributed by atoms with E-state index in [0.29, 0.717) is 0 Å². The molecule has 0 aromatic rings. The van der Waals surface area contributed by atoms with Crippen molar-refractivity contribution in [2.75, 3.05) is 6.54 Å². The van der Waals surface area contributed by atoms with Crippen LogP contribution < -0.4 is 5.73 Å². The van der Waals surface area contributed by atoms with Crippen molar-refractivity contribution in [1.82, 2.24) is 0 Å². The minimum atomic E-state index is -0.660. The molecule has 14 heavy (non-hydrogen) atoms. The van der Waals surface area contributed by atoms with Crippen LogP contribution in [0, 0.1) is 13.3 Å². The summed E-state index contributed by atoms with van der Waals surface area (Å²) in [6, 6.07) is 0. The van der Waals surface area contributed by atoms with Crippen LogP contribution in [0.25, 0.3) is 0 Å². The first kappa shape index (κ1) is 14.9. The molecule has 0 spiro atoms. The van der Waals surface area contributed by atoms with Crippen molar-refractivity contribution >= 4 is 0 Å². The van der Waals surface area contributed by atoms with Gasteiger partial charge in [0.1, 0.15) is 0 Å². The van der Waals surface area contributed by atoms with Gasteiger partial charge in [-0.2, -0.15) is 0 Å².